The molecule has 0 bridgehead atoms. The van der Waals surface area contributed by atoms with Gasteiger partial charge in [0.15, 0.2) is 5.96 Å². The lowest BCUT2D eigenvalue weighted by molar-refractivity contribution is 0.137. The molecule has 7 heteroatoms. The number of aliphatic hydroxyl groups is 1. The zero-order valence-corrected chi connectivity index (χ0v) is 15.4. The molecular weight excluding hydrogens is 314 g/mol. The summed E-state index contributed by atoms with van der Waals surface area (Å²) in [5, 5.41) is 15.8. The van der Waals surface area contributed by atoms with Gasteiger partial charge >= 0.3 is 0 Å². The van der Waals surface area contributed by atoms with Crippen molar-refractivity contribution in [1.82, 2.24) is 10.6 Å². The summed E-state index contributed by atoms with van der Waals surface area (Å²) in [6, 6.07) is 0. The molecule has 1 rings (SSSR count). The Hall–Kier alpha value is -0.820. The van der Waals surface area contributed by atoms with Crippen LogP contribution in [0.4, 0.5) is 0 Å². The van der Waals surface area contributed by atoms with Crippen LogP contribution in [0.1, 0.15) is 51.9 Å². The Kier molecular flexibility index (Phi) is 8.91. The number of guanidine groups is 1. The number of sulfone groups is 1. The SMILES string of the molecule is CCNC(=NCC1(CCO)CCCCC1)NCCCS(C)(=O)=O. The van der Waals surface area contributed by atoms with Crippen LogP contribution in [0.15, 0.2) is 4.99 Å². The third-order valence-corrected chi connectivity index (χ3v) is 5.49. The Morgan fingerprint density at radius 1 is 1.22 bits per heavy atom. The molecule has 1 aliphatic rings. The zero-order chi connectivity index (χ0) is 17.2. The maximum Gasteiger partial charge on any atom is 0.191 e. The van der Waals surface area contributed by atoms with Crippen molar-refractivity contribution >= 4 is 15.8 Å². The minimum Gasteiger partial charge on any atom is -0.396 e. The second-order valence-corrected chi connectivity index (χ2v) is 8.90. The minimum atomic E-state index is -2.91. The highest BCUT2D eigenvalue weighted by Crippen LogP contribution is 2.39. The molecule has 0 spiro atoms. The standard InChI is InChI=1S/C16H33N3O3S/c1-3-17-15(18-11-7-13-23(2,21)22)19-14-16(10-12-20)8-5-4-6-9-16/h20H,3-14H2,1-2H3,(H2,17,18,19). The smallest absolute Gasteiger partial charge is 0.191 e. The lowest BCUT2D eigenvalue weighted by atomic mass is 9.72. The number of nitrogens with zero attached hydrogens (tertiary/aromatic N) is 1. The molecule has 0 amide bonds. The highest BCUT2D eigenvalue weighted by molar-refractivity contribution is 7.90. The van der Waals surface area contributed by atoms with Gasteiger partial charge in [0.05, 0.1) is 5.75 Å². The molecule has 0 unspecified atom stereocenters. The molecule has 0 heterocycles. The van der Waals surface area contributed by atoms with Gasteiger partial charge < -0.3 is 15.7 Å². The molecule has 3 N–H and O–H groups in total. The van der Waals surface area contributed by atoms with Crippen molar-refractivity contribution < 1.29 is 13.5 Å². The van der Waals surface area contributed by atoms with Crippen LogP contribution < -0.4 is 10.6 Å². The summed E-state index contributed by atoms with van der Waals surface area (Å²) in [4.78, 5) is 4.70. The normalized spacial score (nSPS) is 18.7. The summed E-state index contributed by atoms with van der Waals surface area (Å²) >= 11 is 0. The minimum absolute atomic E-state index is 0.127. The topological polar surface area (TPSA) is 90.8 Å². The van der Waals surface area contributed by atoms with E-state index in [0.717, 1.165) is 38.3 Å². The molecule has 136 valence electrons. The molecule has 0 radical (unpaired) electrons. The number of nitrogens with one attached hydrogen (secondary N) is 2. The van der Waals surface area contributed by atoms with E-state index >= 15 is 0 Å². The Labute approximate surface area is 141 Å². The highest BCUT2D eigenvalue weighted by atomic mass is 32.2. The Bertz CT molecular complexity index is 452. The van der Waals surface area contributed by atoms with E-state index in [-0.39, 0.29) is 17.8 Å². The van der Waals surface area contributed by atoms with Crippen molar-refractivity contribution in [3.05, 3.63) is 0 Å². The summed E-state index contributed by atoms with van der Waals surface area (Å²) in [5.41, 5.74) is 0.127. The third kappa shape index (κ3) is 8.55. The molecule has 1 saturated carbocycles. The number of aliphatic hydroxyl groups excluding tert-OH is 1. The van der Waals surface area contributed by atoms with E-state index in [9.17, 15) is 13.5 Å². The van der Waals surface area contributed by atoms with Gasteiger partial charge in [-0.1, -0.05) is 19.3 Å². The molecule has 0 atom stereocenters. The van der Waals surface area contributed by atoms with Crippen LogP contribution in [0.5, 0.6) is 0 Å². The Morgan fingerprint density at radius 2 is 1.91 bits per heavy atom. The predicted octanol–water partition coefficient (Wildman–Crippen LogP) is 1.31. The van der Waals surface area contributed by atoms with E-state index in [0.29, 0.717) is 13.0 Å². The number of hydrogen-bond acceptors (Lipinski definition) is 4. The van der Waals surface area contributed by atoms with E-state index in [1.165, 1.54) is 25.5 Å². The monoisotopic (exact) mass is 347 g/mol. The number of hydrogen-bond donors (Lipinski definition) is 3. The first kappa shape index (κ1) is 20.2. The summed E-state index contributed by atoms with van der Waals surface area (Å²) in [7, 11) is -2.91. The average Bonchev–Trinajstić information content (AvgIpc) is 2.49. The first-order valence-corrected chi connectivity index (χ1v) is 10.8. The summed E-state index contributed by atoms with van der Waals surface area (Å²) in [6.07, 6.45) is 8.61. The largest absolute Gasteiger partial charge is 0.396 e. The van der Waals surface area contributed by atoms with Crippen molar-refractivity contribution in [2.75, 3.05) is 38.2 Å². The van der Waals surface area contributed by atoms with Gasteiger partial charge in [0.1, 0.15) is 9.84 Å². The van der Waals surface area contributed by atoms with Crippen molar-refractivity contribution in [2.24, 2.45) is 10.4 Å². The van der Waals surface area contributed by atoms with E-state index < -0.39 is 9.84 Å². The van der Waals surface area contributed by atoms with E-state index in [1.807, 2.05) is 6.92 Å². The van der Waals surface area contributed by atoms with Crippen LogP contribution >= 0.6 is 0 Å². The molecule has 0 aromatic carbocycles. The second-order valence-electron chi connectivity index (χ2n) is 6.64. The molecular formula is C16H33N3O3S. The van der Waals surface area contributed by atoms with Crippen LogP contribution in [-0.2, 0) is 9.84 Å². The maximum atomic E-state index is 11.2. The van der Waals surface area contributed by atoms with E-state index in [1.54, 1.807) is 0 Å². The predicted molar refractivity (Wildman–Crippen MR) is 95.5 cm³/mol. The van der Waals surface area contributed by atoms with Gasteiger partial charge in [0.25, 0.3) is 0 Å². The summed E-state index contributed by atoms with van der Waals surface area (Å²) < 4.78 is 22.3. The Morgan fingerprint density at radius 3 is 2.48 bits per heavy atom. The molecule has 1 fully saturated rings. The lowest BCUT2D eigenvalue weighted by Crippen LogP contribution is -2.39. The third-order valence-electron chi connectivity index (χ3n) is 4.46. The number of rotatable bonds is 9. The Balaban J connectivity index is 2.54. The molecule has 0 aromatic rings. The van der Waals surface area contributed by atoms with Crippen molar-refractivity contribution in [3.63, 3.8) is 0 Å². The molecule has 23 heavy (non-hydrogen) atoms. The van der Waals surface area contributed by atoms with Crippen molar-refractivity contribution in [3.8, 4) is 0 Å². The molecule has 0 saturated heterocycles. The van der Waals surface area contributed by atoms with Gasteiger partial charge in [0, 0.05) is 32.5 Å². The van der Waals surface area contributed by atoms with Crippen LogP contribution in [-0.4, -0.2) is 57.7 Å². The van der Waals surface area contributed by atoms with Crippen LogP contribution in [0.25, 0.3) is 0 Å². The first-order chi connectivity index (χ1) is 10.9. The van der Waals surface area contributed by atoms with Gasteiger partial charge in [-0.15, -0.1) is 0 Å². The van der Waals surface area contributed by atoms with Gasteiger partial charge in [-0.05, 0) is 38.0 Å². The second kappa shape index (κ2) is 10.1. The van der Waals surface area contributed by atoms with Crippen LogP contribution in [0.3, 0.4) is 0 Å². The molecule has 0 aliphatic heterocycles. The average molecular weight is 348 g/mol. The van der Waals surface area contributed by atoms with Gasteiger partial charge in [0.2, 0.25) is 0 Å². The van der Waals surface area contributed by atoms with Crippen molar-refractivity contribution in [1.29, 1.82) is 0 Å². The molecule has 0 aromatic heterocycles. The maximum absolute atomic E-state index is 11.2. The number of aliphatic imine (C=N–C) groups is 1. The van der Waals surface area contributed by atoms with Gasteiger partial charge in [-0.25, -0.2) is 8.42 Å². The van der Waals surface area contributed by atoms with Gasteiger partial charge in [-0.3, -0.25) is 4.99 Å². The van der Waals surface area contributed by atoms with E-state index in [2.05, 4.69) is 10.6 Å². The summed E-state index contributed by atoms with van der Waals surface area (Å²) in [6.45, 7) is 4.30. The lowest BCUT2D eigenvalue weighted by Gasteiger charge is -2.35. The summed E-state index contributed by atoms with van der Waals surface area (Å²) in [5.74, 6) is 0.928. The fourth-order valence-corrected chi connectivity index (χ4v) is 3.82. The first-order valence-electron chi connectivity index (χ1n) is 8.71. The molecule has 6 nitrogen and oxygen atoms in total. The zero-order valence-electron chi connectivity index (χ0n) is 14.6. The van der Waals surface area contributed by atoms with Crippen LogP contribution in [0, 0.1) is 5.41 Å². The quantitative estimate of drug-likeness (QED) is 0.332. The highest BCUT2D eigenvalue weighted by Gasteiger charge is 2.31. The van der Waals surface area contributed by atoms with Crippen molar-refractivity contribution in [2.45, 2.75) is 51.9 Å². The molecule has 1 aliphatic carbocycles. The van der Waals surface area contributed by atoms with E-state index in [4.69, 9.17) is 4.99 Å². The van der Waals surface area contributed by atoms with Gasteiger partial charge in [-0.2, -0.15) is 0 Å². The fourth-order valence-electron chi connectivity index (χ4n) is 3.16. The van der Waals surface area contributed by atoms with Crippen LogP contribution in [0.2, 0.25) is 0 Å². The fraction of sp³-hybridized carbons (Fsp3) is 0.938.